The van der Waals surface area contributed by atoms with Gasteiger partial charge in [0.05, 0.1) is 31.5 Å². The lowest BCUT2D eigenvalue weighted by Gasteiger charge is -2.21. The van der Waals surface area contributed by atoms with E-state index in [4.69, 9.17) is 10.3 Å². The summed E-state index contributed by atoms with van der Waals surface area (Å²) in [6.45, 7) is 16.6. The predicted molar refractivity (Wildman–Crippen MR) is 149 cm³/mol. The third-order valence-corrected chi connectivity index (χ3v) is 13.7. The topological polar surface area (TPSA) is 189 Å². The molecule has 216 valence electrons. The number of sulfonamides is 2. The maximum absolute atomic E-state index is 11.9. The van der Waals surface area contributed by atoms with Crippen molar-refractivity contribution in [2.45, 2.75) is 100 Å². The molecule has 0 radical (unpaired) electrons. The first-order valence-corrected chi connectivity index (χ1v) is 18.1. The highest BCUT2D eigenvalue weighted by molar-refractivity contribution is 7.93. The largest absolute Gasteiger partial charge is 0.228 e. The van der Waals surface area contributed by atoms with Gasteiger partial charge in [0.25, 0.3) is 0 Å². The highest BCUT2D eigenvalue weighted by Gasteiger charge is 2.32. The quantitative estimate of drug-likeness (QED) is 0.287. The molecule has 0 bridgehead atoms. The van der Waals surface area contributed by atoms with Crippen LogP contribution in [0.1, 0.15) is 80.1 Å². The van der Waals surface area contributed by atoms with Crippen molar-refractivity contribution in [3.8, 4) is 0 Å². The van der Waals surface area contributed by atoms with E-state index < -0.39 is 59.7 Å². The zero-order valence-corrected chi connectivity index (χ0v) is 25.7. The molecule has 0 aromatic rings. The van der Waals surface area contributed by atoms with Crippen molar-refractivity contribution in [3.05, 3.63) is 25.3 Å². The molecule has 0 saturated carbocycles. The van der Waals surface area contributed by atoms with E-state index in [9.17, 15) is 33.7 Å². The highest BCUT2D eigenvalue weighted by Crippen LogP contribution is 2.21. The van der Waals surface area contributed by atoms with Crippen LogP contribution in [-0.2, 0) is 39.7 Å². The minimum atomic E-state index is -3.72. The summed E-state index contributed by atoms with van der Waals surface area (Å²) >= 11 is 0. The molecule has 0 aromatic heterocycles. The third-order valence-electron chi connectivity index (χ3n) is 5.60. The Labute approximate surface area is 219 Å². The van der Waals surface area contributed by atoms with E-state index in [1.165, 1.54) is 0 Å². The second-order valence-corrected chi connectivity index (χ2v) is 20.0. The molecule has 0 saturated heterocycles. The first-order chi connectivity index (χ1) is 15.8. The van der Waals surface area contributed by atoms with Gasteiger partial charge in [0, 0.05) is 0 Å². The summed E-state index contributed by atoms with van der Waals surface area (Å²) < 4.78 is 91.3. The van der Waals surface area contributed by atoms with Crippen molar-refractivity contribution >= 4 is 39.7 Å². The molecule has 10 nitrogen and oxygen atoms in total. The summed E-state index contributed by atoms with van der Waals surface area (Å²) in [7, 11) is -14.1. The van der Waals surface area contributed by atoms with Crippen molar-refractivity contribution in [1.29, 1.82) is 0 Å². The molecule has 4 N–H and O–H groups in total. The molecule has 2 atom stereocenters. The van der Waals surface area contributed by atoms with Crippen molar-refractivity contribution in [3.63, 3.8) is 0 Å². The van der Waals surface area contributed by atoms with E-state index in [2.05, 4.69) is 13.2 Å². The number of hydrogen-bond donors (Lipinski definition) is 2. The van der Waals surface area contributed by atoms with Crippen LogP contribution in [0.4, 0.5) is 0 Å². The number of rotatable bonds is 14. The van der Waals surface area contributed by atoms with Gasteiger partial charge in [0.1, 0.15) is 0 Å². The molecule has 0 heterocycles. The molecule has 0 fully saturated rings. The van der Waals surface area contributed by atoms with Gasteiger partial charge in [0.2, 0.25) is 20.0 Å². The van der Waals surface area contributed by atoms with Crippen LogP contribution in [0.15, 0.2) is 25.3 Å². The van der Waals surface area contributed by atoms with Crippen molar-refractivity contribution in [2.24, 2.45) is 10.3 Å². The van der Waals surface area contributed by atoms with Gasteiger partial charge in [-0.15, -0.1) is 13.2 Å². The first kappa shape index (κ1) is 37.4. The fourth-order valence-corrected chi connectivity index (χ4v) is 7.27. The van der Waals surface area contributed by atoms with E-state index in [1.807, 2.05) is 0 Å². The molecule has 0 aliphatic carbocycles. The lowest BCUT2D eigenvalue weighted by molar-refractivity contribution is 0.546. The second kappa shape index (κ2) is 14.4. The van der Waals surface area contributed by atoms with Gasteiger partial charge in [-0.2, -0.15) is 0 Å². The Morgan fingerprint density at radius 2 is 0.833 bits per heavy atom. The summed E-state index contributed by atoms with van der Waals surface area (Å²) in [4.78, 5) is 0. The summed E-state index contributed by atoms with van der Waals surface area (Å²) in [6, 6.07) is 0. The van der Waals surface area contributed by atoms with E-state index in [-0.39, 0.29) is 24.3 Å². The molecule has 0 spiro atoms. The molecular formula is C22H46N2O8S4. The van der Waals surface area contributed by atoms with E-state index in [0.717, 1.165) is 0 Å². The maximum atomic E-state index is 11.9. The van der Waals surface area contributed by atoms with Gasteiger partial charge in [0.15, 0.2) is 19.7 Å². The second-order valence-electron chi connectivity index (χ2n) is 10.6. The van der Waals surface area contributed by atoms with Gasteiger partial charge in [-0.05, 0) is 80.1 Å². The zero-order chi connectivity index (χ0) is 29.2. The van der Waals surface area contributed by atoms with Crippen LogP contribution in [-0.4, -0.2) is 65.2 Å². The van der Waals surface area contributed by atoms with Gasteiger partial charge in [-0.1, -0.05) is 12.2 Å². The summed E-state index contributed by atoms with van der Waals surface area (Å²) in [6.07, 6.45) is 4.86. The standard InChI is InChI=1S/2C11H23NO4S2/c2*1-5-6-7-10(18(12,15)16)8-9-17(13,14)11(2,3)4/h2*5,10H,1,6-9H2,2-4H3,(H2,12,15,16)/t2*10-/m10/s1. The molecule has 14 heteroatoms. The van der Waals surface area contributed by atoms with Gasteiger partial charge in [-0.25, -0.2) is 43.9 Å². The predicted octanol–water partition coefficient (Wildman–Crippen LogP) is 2.43. The fourth-order valence-electron chi connectivity index (χ4n) is 2.74. The molecule has 0 aromatic carbocycles. The van der Waals surface area contributed by atoms with Crippen LogP contribution in [0.5, 0.6) is 0 Å². The Bertz CT molecular complexity index is 1040. The summed E-state index contributed by atoms with van der Waals surface area (Å²) in [5, 5.41) is 8.55. The van der Waals surface area contributed by atoms with E-state index >= 15 is 0 Å². The minimum absolute atomic E-state index is 0.0340. The number of nitrogens with two attached hydrogens (primary N) is 2. The Morgan fingerprint density at radius 1 is 0.583 bits per heavy atom. The Hall–Kier alpha value is -0.800. The van der Waals surface area contributed by atoms with Gasteiger partial charge in [-0.3, -0.25) is 0 Å². The molecule has 0 unspecified atom stereocenters. The number of sulfone groups is 2. The third kappa shape index (κ3) is 14.2. The van der Waals surface area contributed by atoms with Crippen molar-refractivity contribution < 1.29 is 33.7 Å². The first-order valence-electron chi connectivity index (χ1n) is 11.5. The average Bonchev–Trinajstić information content (AvgIpc) is 2.64. The Kier molecular flexibility index (Phi) is 14.9. The van der Waals surface area contributed by atoms with Crippen LogP contribution >= 0.6 is 0 Å². The van der Waals surface area contributed by atoms with Crippen molar-refractivity contribution in [2.75, 3.05) is 11.5 Å². The normalized spacial score (nSPS) is 15.3. The molecule has 0 amide bonds. The maximum Gasteiger partial charge on any atom is 0.212 e. The minimum Gasteiger partial charge on any atom is -0.228 e. The van der Waals surface area contributed by atoms with Gasteiger partial charge >= 0.3 is 0 Å². The lowest BCUT2D eigenvalue weighted by Crippen LogP contribution is -2.35. The lowest BCUT2D eigenvalue weighted by atomic mass is 10.2. The molecule has 0 aliphatic heterocycles. The average molecular weight is 595 g/mol. The van der Waals surface area contributed by atoms with Crippen LogP contribution in [0.3, 0.4) is 0 Å². The van der Waals surface area contributed by atoms with E-state index in [1.54, 1.807) is 53.7 Å². The van der Waals surface area contributed by atoms with Crippen LogP contribution in [0.25, 0.3) is 0 Å². The fraction of sp³-hybridized carbons (Fsp3) is 0.818. The van der Waals surface area contributed by atoms with Crippen LogP contribution < -0.4 is 10.3 Å². The SMILES string of the molecule is C=CCC[C@@H](CCS(=O)(=O)C(C)(C)C)S(N)(=O)=O.C=CCC[C@H](CCS(=O)(=O)C(C)(C)C)S(N)(=O)=O. The zero-order valence-electron chi connectivity index (χ0n) is 22.4. The number of hydrogen-bond acceptors (Lipinski definition) is 8. The monoisotopic (exact) mass is 594 g/mol. The molecule has 0 aliphatic rings. The van der Waals surface area contributed by atoms with Gasteiger partial charge < -0.3 is 0 Å². The highest BCUT2D eigenvalue weighted by atomic mass is 32.2. The van der Waals surface area contributed by atoms with Crippen molar-refractivity contribution in [1.82, 2.24) is 0 Å². The Morgan fingerprint density at radius 3 is 1.00 bits per heavy atom. The van der Waals surface area contributed by atoms with E-state index in [0.29, 0.717) is 25.7 Å². The van der Waals surface area contributed by atoms with Crippen LogP contribution in [0.2, 0.25) is 0 Å². The summed E-state index contributed by atoms with van der Waals surface area (Å²) in [5.74, 6) is -0.344. The molecular weight excluding hydrogens is 549 g/mol. The number of primary sulfonamides is 2. The molecule has 0 rings (SSSR count). The molecule has 36 heavy (non-hydrogen) atoms. The Balaban J connectivity index is 0. The van der Waals surface area contributed by atoms with Crippen LogP contribution in [0, 0.1) is 0 Å². The number of allylic oxidation sites excluding steroid dienone is 2. The summed E-state index contributed by atoms with van der Waals surface area (Å²) in [5.41, 5.74) is 0. The smallest absolute Gasteiger partial charge is 0.212 e.